The summed E-state index contributed by atoms with van der Waals surface area (Å²) in [4.78, 5) is 4.89. The molecule has 5 rings (SSSR count). The standard InChI is InChI=1S/C26H22FNO/c1-15(2)10-17-13-24(28-23-9-8-18(27)14-20(17)23)22-12-16(3)11-21-19-6-4-5-7-25(19)29-26(21)22/h4-9,11-15H,10H2,1-3H3. The van der Waals surface area contributed by atoms with E-state index in [0.717, 1.165) is 61.6 Å². The number of halogens is 1. The van der Waals surface area contributed by atoms with Crippen molar-refractivity contribution in [3.63, 3.8) is 0 Å². The Kier molecular flexibility index (Phi) is 4.13. The van der Waals surface area contributed by atoms with E-state index < -0.39 is 0 Å². The van der Waals surface area contributed by atoms with Gasteiger partial charge in [0.25, 0.3) is 0 Å². The van der Waals surface area contributed by atoms with Gasteiger partial charge in [-0.05, 0) is 72.9 Å². The Morgan fingerprint density at radius 2 is 1.76 bits per heavy atom. The average molecular weight is 383 g/mol. The summed E-state index contributed by atoms with van der Waals surface area (Å²) in [6, 6.07) is 19.3. The summed E-state index contributed by atoms with van der Waals surface area (Å²) in [7, 11) is 0. The summed E-state index contributed by atoms with van der Waals surface area (Å²) < 4.78 is 20.2. The van der Waals surface area contributed by atoms with Crippen molar-refractivity contribution in [3.05, 3.63) is 77.6 Å². The molecule has 0 spiro atoms. The number of aromatic nitrogens is 1. The molecule has 3 heteroatoms. The highest BCUT2D eigenvalue weighted by atomic mass is 19.1. The van der Waals surface area contributed by atoms with Gasteiger partial charge < -0.3 is 4.42 Å². The van der Waals surface area contributed by atoms with E-state index in [1.807, 2.05) is 18.2 Å². The van der Waals surface area contributed by atoms with Gasteiger partial charge in [0.05, 0.1) is 11.2 Å². The van der Waals surface area contributed by atoms with Crippen molar-refractivity contribution in [1.82, 2.24) is 4.98 Å². The van der Waals surface area contributed by atoms with E-state index in [9.17, 15) is 4.39 Å². The molecule has 2 heterocycles. The van der Waals surface area contributed by atoms with E-state index >= 15 is 0 Å². The van der Waals surface area contributed by atoms with Crippen molar-refractivity contribution >= 4 is 32.8 Å². The van der Waals surface area contributed by atoms with Gasteiger partial charge in [-0.2, -0.15) is 0 Å². The third-order valence-corrected chi connectivity index (χ3v) is 5.38. The predicted octanol–water partition coefficient (Wildman–Crippen LogP) is 7.45. The Hall–Kier alpha value is -3.20. The molecule has 0 saturated carbocycles. The third kappa shape index (κ3) is 3.07. The van der Waals surface area contributed by atoms with Gasteiger partial charge in [0.15, 0.2) is 0 Å². The Morgan fingerprint density at radius 3 is 2.59 bits per heavy atom. The number of furan rings is 1. The van der Waals surface area contributed by atoms with E-state index in [-0.39, 0.29) is 5.82 Å². The molecule has 144 valence electrons. The molecule has 29 heavy (non-hydrogen) atoms. The van der Waals surface area contributed by atoms with Crippen LogP contribution in [0.15, 0.2) is 65.1 Å². The number of hydrogen-bond acceptors (Lipinski definition) is 2. The second-order valence-electron chi connectivity index (χ2n) is 8.21. The number of rotatable bonds is 3. The van der Waals surface area contributed by atoms with Crippen LogP contribution in [-0.4, -0.2) is 4.98 Å². The van der Waals surface area contributed by atoms with Crippen LogP contribution in [0.2, 0.25) is 0 Å². The van der Waals surface area contributed by atoms with Gasteiger partial charge in [-0.15, -0.1) is 0 Å². The Labute approximate surface area is 169 Å². The summed E-state index contributed by atoms with van der Waals surface area (Å²) in [6.45, 7) is 6.45. The highest BCUT2D eigenvalue weighted by Crippen LogP contribution is 2.37. The average Bonchev–Trinajstić information content (AvgIpc) is 3.06. The molecule has 0 radical (unpaired) electrons. The molecule has 0 aliphatic rings. The zero-order chi connectivity index (χ0) is 20.1. The van der Waals surface area contributed by atoms with E-state index in [0.29, 0.717) is 5.92 Å². The SMILES string of the molecule is Cc1cc(-c2cc(CC(C)C)c3cc(F)ccc3n2)c2oc3ccccc3c2c1. The maximum atomic E-state index is 13.9. The Morgan fingerprint density at radius 1 is 0.931 bits per heavy atom. The summed E-state index contributed by atoms with van der Waals surface area (Å²) >= 11 is 0. The molecule has 3 aromatic carbocycles. The fourth-order valence-corrected chi connectivity index (χ4v) is 4.18. The Bertz CT molecular complexity index is 1380. The zero-order valence-corrected chi connectivity index (χ0v) is 16.8. The molecule has 0 amide bonds. The monoisotopic (exact) mass is 383 g/mol. The van der Waals surface area contributed by atoms with E-state index in [1.54, 1.807) is 12.1 Å². The van der Waals surface area contributed by atoms with Crippen molar-refractivity contribution in [3.8, 4) is 11.3 Å². The number of para-hydroxylation sites is 1. The van der Waals surface area contributed by atoms with Crippen LogP contribution >= 0.6 is 0 Å². The minimum Gasteiger partial charge on any atom is -0.455 e. The van der Waals surface area contributed by atoms with Crippen LogP contribution in [0, 0.1) is 18.7 Å². The molecule has 5 aromatic rings. The smallest absolute Gasteiger partial charge is 0.144 e. The van der Waals surface area contributed by atoms with Crippen LogP contribution in [0.1, 0.15) is 25.0 Å². The fourth-order valence-electron chi connectivity index (χ4n) is 4.18. The van der Waals surface area contributed by atoms with Crippen LogP contribution in [0.5, 0.6) is 0 Å². The van der Waals surface area contributed by atoms with Gasteiger partial charge in [-0.25, -0.2) is 9.37 Å². The minimum atomic E-state index is -0.229. The lowest BCUT2D eigenvalue weighted by Gasteiger charge is -2.12. The van der Waals surface area contributed by atoms with Crippen molar-refractivity contribution in [2.45, 2.75) is 27.2 Å². The first-order valence-electron chi connectivity index (χ1n) is 10.0. The maximum Gasteiger partial charge on any atom is 0.144 e. The molecule has 0 saturated heterocycles. The molecule has 2 aromatic heterocycles. The number of pyridine rings is 1. The summed E-state index contributed by atoms with van der Waals surface area (Å²) in [5, 5.41) is 3.09. The molecule has 0 fully saturated rings. The Balaban J connectivity index is 1.83. The largest absolute Gasteiger partial charge is 0.455 e. The lowest BCUT2D eigenvalue weighted by Crippen LogP contribution is -1.99. The first-order valence-corrected chi connectivity index (χ1v) is 10.0. The van der Waals surface area contributed by atoms with Crippen LogP contribution in [0.3, 0.4) is 0 Å². The molecular weight excluding hydrogens is 361 g/mol. The van der Waals surface area contributed by atoms with Crippen molar-refractivity contribution in [2.24, 2.45) is 5.92 Å². The van der Waals surface area contributed by atoms with E-state index in [2.05, 4.69) is 45.0 Å². The van der Waals surface area contributed by atoms with Gasteiger partial charge in [0.1, 0.15) is 17.0 Å². The molecule has 0 aliphatic heterocycles. The number of fused-ring (bicyclic) bond motifs is 4. The summed E-state index contributed by atoms with van der Waals surface area (Å²) in [5.74, 6) is 0.229. The van der Waals surface area contributed by atoms with Gasteiger partial charge in [0, 0.05) is 21.7 Å². The molecule has 0 N–H and O–H groups in total. The van der Waals surface area contributed by atoms with Crippen LogP contribution in [0.25, 0.3) is 44.1 Å². The number of benzene rings is 3. The van der Waals surface area contributed by atoms with Gasteiger partial charge >= 0.3 is 0 Å². The lowest BCUT2D eigenvalue weighted by molar-refractivity contribution is 0.628. The quantitative estimate of drug-likeness (QED) is 0.323. The second-order valence-corrected chi connectivity index (χ2v) is 8.21. The van der Waals surface area contributed by atoms with Crippen molar-refractivity contribution in [2.75, 3.05) is 0 Å². The molecule has 0 atom stereocenters. The fraction of sp³-hybridized carbons (Fsp3) is 0.192. The lowest BCUT2D eigenvalue weighted by atomic mass is 9.96. The van der Waals surface area contributed by atoms with E-state index in [1.165, 1.54) is 6.07 Å². The zero-order valence-electron chi connectivity index (χ0n) is 16.8. The highest BCUT2D eigenvalue weighted by molar-refractivity contribution is 6.09. The van der Waals surface area contributed by atoms with Gasteiger partial charge in [-0.1, -0.05) is 32.0 Å². The van der Waals surface area contributed by atoms with E-state index in [4.69, 9.17) is 9.40 Å². The number of aryl methyl sites for hydroxylation is 1. The number of nitrogens with zero attached hydrogens (tertiary/aromatic N) is 1. The van der Waals surface area contributed by atoms with Gasteiger partial charge in [0.2, 0.25) is 0 Å². The molecule has 0 bridgehead atoms. The van der Waals surface area contributed by atoms with Crippen molar-refractivity contribution in [1.29, 1.82) is 0 Å². The third-order valence-electron chi connectivity index (χ3n) is 5.38. The first kappa shape index (κ1) is 17.9. The summed E-state index contributed by atoms with van der Waals surface area (Å²) in [6.07, 6.45) is 0.866. The topological polar surface area (TPSA) is 26.0 Å². The van der Waals surface area contributed by atoms with Crippen molar-refractivity contribution < 1.29 is 8.81 Å². The maximum absolute atomic E-state index is 13.9. The molecule has 0 unspecified atom stereocenters. The number of hydrogen-bond donors (Lipinski definition) is 0. The van der Waals surface area contributed by atoms with Crippen LogP contribution in [0.4, 0.5) is 4.39 Å². The highest BCUT2D eigenvalue weighted by Gasteiger charge is 2.16. The molecule has 0 aliphatic carbocycles. The molecule has 2 nitrogen and oxygen atoms in total. The molecular formula is C26H22FNO. The minimum absolute atomic E-state index is 0.229. The normalized spacial score (nSPS) is 11.9. The van der Waals surface area contributed by atoms with Gasteiger partial charge in [-0.3, -0.25) is 0 Å². The predicted molar refractivity (Wildman–Crippen MR) is 118 cm³/mol. The van der Waals surface area contributed by atoms with Crippen LogP contribution in [-0.2, 0) is 6.42 Å². The first-order chi connectivity index (χ1) is 14.0. The second kappa shape index (κ2) is 6.70. The van der Waals surface area contributed by atoms with Crippen LogP contribution < -0.4 is 0 Å². The summed E-state index contributed by atoms with van der Waals surface area (Å²) in [5.41, 5.74) is 6.65.